The lowest BCUT2D eigenvalue weighted by Gasteiger charge is -2.05. The highest BCUT2D eigenvalue weighted by molar-refractivity contribution is 8.26. The molecule has 1 saturated carbocycles. The quantitative estimate of drug-likeness (QED) is 0.542. The Morgan fingerprint density at radius 2 is 1.81 bits per heavy atom. The Bertz CT molecular complexity index is 994. The lowest BCUT2D eigenvalue weighted by atomic mass is 10.1. The van der Waals surface area contributed by atoms with Crippen molar-refractivity contribution in [1.82, 2.24) is 9.97 Å². The number of amidine groups is 1. The van der Waals surface area contributed by atoms with E-state index < -0.39 is 0 Å². The Labute approximate surface area is 162 Å². The van der Waals surface area contributed by atoms with Gasteiger partial charge in [-0.3, -0.25) is 10.4 Å². The SMILES string of the molecule is NC(=Nc1ccc2ncc(-c3ccccc3)cc2n1)SC(=[NH2+])C1CCCC1. The van der Waals surface area contributed by atoms with E-state index in [4.69, 9.17) is 11.1 Å². The van der Waals surface area contributed by atoms with Crippen LogP contribution in [0, 0.1) is 5.92 Å². The second-order valence-corrected chi connectivity index (χ2v) is 7.83. The molecule has 3 aromatic rings. The number of nitrogens with two attached hydrogens (primary N) is 2. The molecule has 0 saturated heterocycles. The first-order valence-electron chi connectivity index (χ1n) is 9.15. The fraction of sp³-hybridized carbons (Fsp3) is 0.238. The van der Waals surface area contributed by atoms with Crippen LogP contribution in [0.4, 0.5) is 5.82 Å². The molecular formula is C21H22N5S+. The summed E-state index contributed by atoms with van der Waals surface area (Å²) in [5, 5.41) is 7.49. The number of rotatable bonds is 3. The maximum Gasteiger partial charge on any atom is 0.218 e. The normalized spacial score (nSPS) is 15.3. The maximum absolute atomic E-state index is 6.20. The smallest absolute Gasteiger partial charge is 0.218 e. The van der Waals surface area contributed by atoms with E-state index in [1.165, 1.54) is 24.6 Å². The Hall–Kier alpha value is -2.73. The van der Waals surface area contributed by atoms with Crippen LogP contribution in [0.15, 0.2) is 59.7 Å². The van der Waals surface area contributed by atoms with Crippen molar-refractivity contribution in [3.05, 3.63) is 54.7 Å². The summed E-state index contributed by atoms with van der Waals surface area (Å²) in [6, 6.07) is 15.9. The van der Waals surface area contributed by atoms with E-state index in [9.17, 15) is 0 Å². The molecule has 1 aliphatic carbocycles. The number of hydrogen-bond donors (Lipinski definition) is 2. The summed E-state index contributed by atoms with van der Waals surface area (Å²) in [4.78, 5) is 13.6. The minimum atomic E-state index is 0.429. The van der Waals surface area contributed by atoms with Gasteiger partial charge in [0.2, 0.25) is 5.04 Å². The molecule has 4 rings (SSSR count). The van der Waals surface area contributed by atoms with Gasteiger partial charge in [-0.05, 0) is 36.6 Å². The molecule has 0 bridgehead atoms. The fourth-order valence-corrected chi connectivity index (χ4v) is 4.18. The molecule has 1 aromatic carbocycles. The third-order valence-electron chi connectivity index (χ3n) is 4.83. The summed E-state index contributed by atoms with van der Waals surface area (Å²) in [6.07, 6.45) is 6.64. The van der Waals surface area contributed by atoms with Crippen LogP contribution in [0.1, 0.15) is 25.7 Å². The number of benzene rings is 1. The zero-order valence-corrected chi connectivity index (χ0v) is 15.8. The third-order valence-corrected chi connectivity index (χ3v) is 5.70. The summed E-state index contributed by atoms with van der Waals surface area (Å²) in [7, 11) is 0. The molecule has 4 N–H and O–H groups in total. The van der Waals surface area contributed by atoms with E-state index in [-0.39, 0.29) is 0 Å². The molecule has 27 heavy (non-hydrogen) atoms. The van der Waals surface area contributed by atoms with E-state index in [0.717, 1.165) is 40.0 Å². The first-order chi connectivity index (χ1) is 13.2. The summed E-state index contributed by atoms with van der Waals surface area (Å²) in [5.41, 5.74) is 9.85. The maximum atomic E-state index is 6.20. The summed E-state index contributed by atoms with van der Waals surface area (Å²) in [6.45, 7) is 0. The zero-order valence-electron chi connectivity index (χ0n) is 15.0. The molecule has 1 aliphatic rings. The fourth-order valence-electron chi connectivity index (χ4n) is 3.40. The zero-order chi connectivity index (χ0) is 18.6. The minimum Gasteiger partial charge on any atom is -0.378 e. The Morgan fingerprint density at radius 1 is 1.04 bits per heavy atom. The highest BCUT2D eigenvalue weighted by atomic mass is 32.2. The molecule has 0 unspecified atom stereocenters. The summed E-state index contributed by atoms with van der Waals surface area (Å²) < 4.78 is 0. The first-order valence-corrected chi connectivity index (χ1v) is 9.97. The van der Waals surface area contributed by atoms with Crippen LogP contribution < -0.4 is 11.1 Å². The second kappa shape index (κ2) is 7.88. The molecule has 136 valence electrons. The van der Waals surface area contributed by atoms with Gasteiger partial charge in [0.25, 0.3) is 0 Å². The van der Waals surface area contributed by atoms with Crippen molar-refractivity contribution in [1.29, 1.82) is 0 Å². The van der Waals surface area contributed by atoms with E-state index in [2.05, 4.69) is 27.1 Å². The largest absolute Gasteiger partial charge is 0.378 e. The Balaban J connectivity index is 1.57. The average Bonchev–Trinajstić information content (AvgIpc) is 3.23. The standard InChI is InChI=1S/C21H21N5S/c22-20(15-8-4-5-9-15)27-21(23)26-19-11-10-17-18(25-19)12-16(13-24-17)14-6-2-1-3-7-14/h1-3,6-7,10-13,15,22H,4-5,8-9H2,(H2,23,25,26)/p+1. The van der Waals surface area contributed by atoms with Crippen molar-refractivity contribution in [2.24, 2.45) is 16.6 Å². The van der Waals surface area contributed by atoms with E-state index in [0.29, 0.717) is 16.9 Å². The van der Waals surface area contributed by atoms with Crippen LogP contribution in [-0.4, -0.2) is 20.2 Å². The van der Waals surface area contributed by atoms with Gasteiger partial charge >= 0.3 is 0 Å². The van der Waals surface area contributed by atoms with Gasteiger partial charge < -0.3 is 5.73 Å². The minimum absolute atomic E-state index is 0.429. The van der Waals surface area contributed by atoms with Gasteiger partial charge in [0, 0.05) is 23.5 Å². The number of nitrogens with zero attached hydrogens (tertiary/aromatic N) is 3. The number of aliphatic imine (C=N–C) groups is 1. The van der Waals surface area contributed by atoms with Gasteiger partial charge in [-0.15, -0.1) is 0 Å². The van der Waals surface area contributed by atoms with Gasteiger partial charge in [-0.25, -0.2) is 9.98 Å². The van der Waals surface area contributed by atoms with Gasteiger partial charge in [-0.1, -0.05) is 43.2 Å². The Kier molecular flexibility index (Phi) is 5.16. The summed E-state index contributed by atoms with van der Waals surface area (Å²) in [5.74, 6) is 1.02. The molecule has 0 atom stereocenters. The molecule has 1 fully saturated rings. The van der Waals surface area contributed by atoms with Crippen molar-refractivity contribution in [2.45, 2.75) is 25.7 Å². The molecule has 0 radical (unpaired) electrons. The van der Waals surface area contributed by atoms with Gasteiger partial charge in [0.1, 0.15) is 0 Å². The Morgan fingerprint density at radius 3 is 2.59 bits per heavy atom. The monoisotopic (exact) mass is 376 g/mol. The van der Waals surface area contributed by atoms with Crippen molar-refractivity contribution in [2.75, 3.05) is 0 Å². The second-order valence-electron chi connectivity index (χ2n) is 6.73. The molecule has 2 aromatic heterocycles. The molecule has 0 spiro atoms. The van der Waals surface area contributed by atoms with Crippen molar-refractivity contribution >= 4 is 38.8 Å². The molecule has 6 heteroatoms. The van der Waals surface area contributed by atoms with Crippen LogP contribution in [0.25, 0.3) is 22.2 Å². The number of pyridine rings is 2. The van der Waals surface area contributed by atoms with Gasteiger partial charge in [0.15, 0.2) is 11.0 Å². The topological polar surface area (TPSA) is 89.8 Å². The van der Waals surface area contributed by atoms with E-state index in [1.807, 2.05) is 42.6 Å². The number of aromatic nitrogens is 2. The number of fused-ring (bicyclic) bond motifs is 1. The van der Waals surface area contributed by atoms with Crippen LogP contribution in [0.3, 0.4) is 0 Å². The third kappa shape index (κ3) is 4.17. The molecular weight excluding hydrogens is 354 g/mol. The average molecular weight is 377 g/mol. The van der Waals surface area contributed by atoms with Crippen LogP contribution >= 0.6 is 11.8 Å². The lowest BCUT2D eigenvalue weighted by Crippen LogP contribution is -2.42. The van der Waals surface area contributed by atoms with Crippen LogP contribution in [0.5, 0.6) is 0 Å². The van der Waals surface area contributed by atoms with Gasteiger partial charge in [0.05, 0.1) is 17.0 Å². The first kappa shape index (κ1) is 17.7. The van der Waals surface area contributed by atoms with Crippen molar-refractivity contribution in [3.8, 4) is 11.1 Å². The predicted molar refractivity (Wildman–Crippen MR) is 113 cm³/mol. The number of thioether (sulfide) groups is 1. The highest BCUT2D eigenvalue weighted by Gasteiger charge is 2.25. The number of hydrogen-bond acceptors (Lipinski definition) is 4. The summed E-state index contributed by atoms with van der Waals surface area (Å²) >= 11 is 1.36. The lowest BCUT2D eigenvalue weighted by molar-refractivity contribution is -0.114. The van der Waals surface area contributed by atoms with Crippen LogP contribution in [0.2, 0.25) is 0 Å². The molecule has 2 heterocycles. The van der Waals surface area contributed by atoms with Crippen LogP contribution in [-0.2, 0) is 0 Å². The molecule has 0 amide bonds. The highest BCUT2D eigenvalue weighted by Crippen LogP contribution is 2.29. The van der Waals surface area contributed by atoms with Gasteiger partial charge in [-0.2, -0.15) is 0 Å². The van der Waals surface area contributed by atoms with E-state index >= 15 is 0 Å². The van der Waals surface area contributed by atoms with Crippen molar-refractivity contribution < 1.29 is 5.41 Å². The van der Waals surface area contributed by atoms with E-state index in [1.54, 1.807) is 0 Å². The molecule has 5 nitrogen and oxygen atoms in total. The predicted octanol–water partition coefficient (Wildman–Crippen LogP) is 3.32. The van der Waals surface area contributed by atoms with Crippen molar-refractivity contribution in [3.63, 3.8) is 0 Å². The molecule has 0 aliphatic heterocycles.